The van der Waals surface area contributed by atoms with Crippen LogP contribution in [0.5, 0.6) is 0 Å². The quantitative estimate of drug-likeness (QED) is 0.600. The first kappa shape index (κ1) is 16.3. The van der Waals surface area contributed by atoms with Crippen LogP contribution < -0.4 is 10.9 Å². The maximum Gasteiger partial charge on any atom is 0.278 e. The number of nitrogens with zero attached hydrogens (tertiary/aromatic N) is 2. The highest BCUT2D eigenvalue weighted by Gasteiger charge is 2.15. The van der Waals surface area contributed by atoms with Gasteiger partial charge < -0.3 is 10.3 Å². The fraction of sp³-hybridized carbons (Fsp3) is 0.500. The van der Waals surface area contributed by atoms with Crippen molar-refractivity contribution in [2.75, 3.05) is 5.32 Å². The second-order valence-corrected chi connectivity index (χ2v) is 7.80. The van der Waals surface area contributed by atoms with Crippen LogP contribution >= 0.6 is 11.3 Å². The topological polar surface area (TPSA) is 86.5 Å². The van der Waals surface area contributed by atoms with Gasteiger partial charge in [0.2, 0.25) is 5.95 Å². The molecule has 1 aliphatic rings. The van der Waals surface area contributed by atoms with Gasteiger partial charge in [-0.25, -0.2) is 4.98 Å². The van der Waals surface area contributed by atoms with Gasteiger partial charge >= 0.3 is 0 Å². The Morgan fingerprint density at radius 2 is 2.12 bits per heavy atom. The Hall–Kier alpha value is -2.15. The van der Waals surface area contributed by atoms with Gasteiger partial charge in [-0.05, 0) is 23.8 Å². The van der Waals surface area contributed by atoms with Crippen molar-refractivity contribution in [1.29, 1.82) is 0 Å². The standard InChI is InChI=1S/C18H23N5OS/c24-17-15-16(22-18(23-17)19-11-13-8-4-10-25-13)21-14(20-15)9-3-7-12-5-1-2-6-12/h4,8,10,12H,1-3,5-7,9,11H2,(H3,19,20,21,22,23,24). The molecular formula is C18H23N5OS. The smallest absolute Gasteiger partial charge is 0.278 e. The van der Waals surface area contributed by atoms with Gasteiger partial charge in [0.25, 0.3) is 5.56 Å². The van der Waals surface area contributed by atoms with E-state index in [4.69, 9.17) is 0 Å². The van der Waals surface area contributed by atoms with E-state index in [1.807, 2.05) is 17.5 Å². The molecule has 3 aromatic rings. The zero-order valence-corrected chi connectivity index (χ0v) is 15.0. The normalized spacial score (nSPS) is 15.2. The molecule has 0 bridgehead atoms. The summed E-state index contributed by atoms with van der Waals surface area (Å²) in [6.07, 6.45) is 8.78. The van der Waals surface area contributed by atoms with E-state index in [1.54, 1.807) is 11.3 Å². The molecule has 3 heterocycles. The summed E-state index contributed by atoms with van der Waals surface area (Å²) >= 11 is 1.67. The molecule has 0 radical (unpaired) electrons. The van der Waals surface area contributed by atoms with Crippen LogP contribution in [-0.2, 0) is 13.0 Å². The number of thiophene rings is 1. The van der Waals surface area contributed by atoms with Gasteiger partial charge in [0.1, 0.15) is 5.82 Å². The summed E-state index contributed by atoms with van der Waals surface area (Å²) in [7, 11) is 0. The summed E-state index contributed by atoms with van der Waals surface area (Å²) in [6, 6.07) is 4.05. The Bertz CT molecular complexity index is 877. The summed E-state index contributed by atoms with van der Waals surface area (Å²) in [5.74, 6) is 2.22. The summed E-state index contributed by atoms with van der Waals surface area (Å²) in [4.78, 5) is 28.3. The first-order chi connectivity index (χ1) is 12.3. The Morgan fingerprint density at radius 1 is 1.24 bits per heavy atom. The fourth-order valence-corrected chi connectivity index (χ4v) is 4.24. The van der Waals surface area contributed by atoms with Crippen molar-refractivity contribution in [1.82, 2.24) is 19.9 Å². The first-order valence-electron chi connectivity index (χ1n) is 9.03. The lowest BCUT2D eigenvalue weighted by Crippen LogP contribution is -2.12. The molecule has 132 valence electrons. The van der Waals surface area contributed by atoms with Crippen molar-refractivity contribution >= 4 is 28.4 Å². The second-order valence-electron chi connectivity index (χ2n) is 6.77. The minimum Gasteiger partial charge on any atom is -0.351 e. The molecule has 1 aliphatic carbocycles. The van der Waals surface area contributed by atoms with Gasteiger partial charge in [-0.15, -0.1) is 11.3 Å². The number of imidazole rings is 1. The van der Waals surface area contributed by atoms with Crippen LogP contribution in [0.3, 0.4) is 0 Å². The molecule has 0 atom stereocenters. The van der Waals surface area contributed by atoms with Crippen molar-refractivity contribution < 1.29 is 0 Å². The molecule has 0 unspecified atom stereocenters. The molecule has 0 spiro atoms. The molecule has 7 heteroatoms. The molecule has 3 aromatic heterocycles. The molecule has 25 heavy (non-hydrogen) atoms. The Labute approximate surface area is 150 Å². The minimum absolute atomic E-state index is 0.173. The number of anilines is 1. The van der Waals surface area contributed by atoms with Crippen LogP contribution in [0.4, 0.5) is 5.95 Å². The van der Waals surface area contributed by atoms with Crippen LogP contribution in [0.15, 0.2) is 22.3 Å². The average molecular weight is 357 g/mol. The number of aromatic nitrogens is 4. The lowest BCUT2D eigenvalue weighted by atomic mass is 10.0. The fourth-order valence-electron chi connectivity index (χ4n) is 3.60. The van der Waals surface area contributed by atoms with E-state index in [0.717, 1.165) is 24.6 Å². The zero-order valence-electron chi connectivity index (χ0n) is 14.2. The second kappa shape index (κ2) is 7.39. The Morgan fingerprint density at radius 3 is 2.92 bits per heavy atom. The number of rotatable bonds is 7. The molecule has 1 fully saturated rings. The van der Waals surface area contributed by atoms with Gasteiger partial charge in [0, 0.05) is 11.3 Å². The van der Waals surface area contributed by atoms with Gasteiger partial charge in [-0.3, -0.25) is 9.78 Å². The Kier molecular flexibility index (Phi) is 4.83. The van der Waals surface area contributed by atoms with Crippen molar-refractivity contribution in [3.8, 4) is 0 Å². The molecule has 0 amide bonds. The van der Waals surface area contributed by atoms with E-state index < -0.39 is 0 Å². The van der Waals surface area contributed by atoms with Gasteiger partial charge in [-0.2, -0.15) is 4.98 Å². The van der Waals surface area contributed by atoms with Crippen molar-refractivity contribution in [2.24, 2.45) is 5.92 Å². The molecule has 0 saturated heterocycles. The molecule has 0 aliphatic heterocycles. The van der Waals surface area contributed by atoms with E-state index in [2.05, 4.69) is 25.3 Å². The summed E-state index contributed by atoms with van der Waals surface area (Å²) < 4.78 is 0. The third-order valence-corrected chi connectivity index (χ3v) is 5.80. The number of hydrogen-bond donors (Lipinski definition) is 3. The lowest BCUT2D eigenvalue weighted by molar-refractivity contribution is 0.481. The van der Waals surface area contributed by atoms with Gasteiger partial charge in [-0.1, -0.05) is 38.2 Å². The number of nitrogens with one attached hydrogen (secondary N) is 3. The highest BCUT2D eigenvalue weighted by atomic mass is 32.1. The third kappa shape index (κ3) is 3.92. The third-order valence-electron chi connectivity index (χ3n) is 4.92. The van der Waals surface area contributed by atoms with Crippen molar-refractivity contribution in [3.63, 3.8) is 0 Å². The van der Waals surface area contributed by atoms with E-state index in [-0.39, 0.29) is 5.56 Å². The maximum absolute atomic E-state index is 12.3. The van der Waals surface area contributed by atoms with E-state index in [1.165, 1.54) is 37.0 Å². The van der Waals surface area contributed by atoms with E-state index in [9.17, 15) is 4.79 Å². The number of H-pyrrole nitrogens is 2. The summed E-state index contributed by atoms with van der Waals surface area (Å²) in [5, 5.41) is 5.19. The highest BCUT2D eigenvalue weighted by molar-refractivity contribution is 7.09. The SMILES string of the molecule is O=c1[nH]c(NCc2cccs2)nc2nc(CCCC3CCCC3)[nH]c12. The zero-order chi connectivity index (χ0) is 17.1. The molecule has 6 nitrogen and oxygen atoms in total. The van der Waals surface area contributed by atoms with E-state index in [0.29, 0.717) is 23.7 Å². The lowest BCUT2D eigenvalue weighted by Gasteiger charge is -2.06. The Balaban J connectivity index is 1.42. The molecule has 3 N–H and O–H groups in total. The number of hydrogen-bond acceptors (Lipinski definition) is 5. The number of aromatic amines is 2. The molecule has 0 aromatic carbocycles. The van der Waals surface area contributed by atoms with Gasteiger partial charge in [0.05, 0.1) is 6.54 Å². The largest absolute Gasteiger partial charge is 0.351 e. The predicted octanol–water partition coefficient (Wildman–Crippen LogP) is 3.83. The number of aryl methyl sites for hydroxylation is 1. The van der Waals surface area contributed by atoms with Crippen LogP contribution in [0.25, 0.3) is 11.2 Å². The highest BCUT2D eigenvalue weighted by Crippen LogP contribution is 2.28. The van der Waals surface area contributed by atoms with Crippen molar-refractivity contribution in [3.05, 3.63) is 38.6 Å². The van der Waals surface area contributed by atoms with Crippen LogP contribution in [0.1, 0.15) is 49.2 Å². The minimum atomic E-state index is -0.173. The van der Waals surface area contributed by atoms with Gasteiger partial charge in [0.15, 0.2) is 11.2 Å². The van der Waals surface area contributed by atoms with Crippen molar-refractivity contribution in [2.45, 2.75) is 51.5 Å². The first-order valence-corrected chi connectivity index (χ1v) is 9.91. The van der Waals surface area contributed by atoms with Crippen LogP contribution in [0.2, 0.25) is 0 Å². The average Bonchev–Trinajstić information content (AvgIpc) is 3.35. The molecular weight excluding hydrogens is 334 g/mol. The van der Waals surface area contributed by atoms with Crippen LogP contribution in [-0.4, -0.2) is 19.9 Å². The molecule has 1 saturated carbocycles. The van der Waals surface area contributed by atoms with E-state index >= 15 is 0 Å². The predicted molar refractivity (Wildman–Crippen MR) is 101 cm³/mol. The van der Waals surface area contributed by atoms with Crippen LogP contribution in [0, 0.1) is 5.92 Å². The maximum atomic E-state index is 12.3. The monoisotopic (exact) mass is 357 g/mol. The number of fused-ring (bicyclic) bond motifs is 1. The summed E-state index contributed by atoms with van der Waals surface area (Å²) in [6.45, 7) is 0.644. The molecule has 4 rings (SSSR count). The summed E-state index contributed by atoms with van der Waals surface area (Å²) in [5.41, 5.74) is 0.791.